The van der Waals surface area contributed by atoms with Gasteiger partial charge in [-0.25, -0.2) is 4.79 Å². The largest absolute Gasteiger partial charge is 0.491 e. The zero-order valence-electron chi connectivity index (χ0n) is 13.3. The summed E-state index contributed by atoms with van der Waals surface area (Å²) in [5, 5.41) is 6.27. The average Bonchev–Trinajstić information content (AvgIpc) is 2.52. The van der Waals surface area contributed by atoms with Crippen molar-refractivity contribution in [3.63, 3.8) is 0 Å². The maximum absolute atomic E-state index is 11.9. The molecule has 2 N–H and O–H groups in total. The van der Waals surface area contributed by atoms with Crippen molar-refractivity contribution in [3.8, 4) is 5.75 Å². The molecule has 0 fully saturated rings. The van der Waals surface area contributed by atoms with Crippen LogP contribution in [0.5, 0.6) is 5.75 Å². The summed E-state index contributed by atoms with van der Waals surface area (Å²) in [6.07, 6.45) is 0. The molecule has 2 aromatic rings. The molecule has 1 atom stereocenters. The minimum atomic E-state index is -0.245. The fraction of sp³-hybridized carbons (Fsp3) is 0.278. The van der Waals surface area contributed by atoms with Gasteiger partial charge in [-0.1, -0.05) is 41.9 Å². The van der Waals surface area contributed by atoms with Crippen LogP contribution in [0.25, 0.3) is 0 Å². The molecule has 122 valence electrons. The highest BCUT2D eigenvalue weighted by atomic mass is 35.5. The van der Waals surface area contributed by atoms with Gasteiger partial charge in [0.05, 0.1) is 6.04 Å². The van der Waals surface area contributed by atoms with Crippen molar-refractivity contribution in [2.24, 2.45) is 0 Å². The van der Waals surface area contributed by atoms with Crippen LogP contribution >= 0.6 is 11.6 Å². The van der Waals surface area contributed by atoms with Crippen LogP contribution in [0.4, 0.5) is 4.79 Å². The van der Waals surface area contributed by atoms with Gasteiger partial charge in [0.25, 0.3) is 0 Å². The Balaban J connectivity index is 1.73. The Morgan fingerprint density at radius 3 is 2.74 bits per heavy atom. The summed E-state index contributed by atoms with van der Waals surface area (Å²) in [6, 6.07) is 14.9. The maximum Gasteiger partial charge on any atom is 0.315 e. The highest BCUT2D eigenvalue weighted by Gasteiger charge is 2.08. The van der Waals surface area contributed by atoms with E-state index < -0.39 is 0 Å². The molecule has 2 aromatic carbocycles. The number of rotatable bonds is 6. The molecule has 0 saturated carbocycles. The Hall–Kier alpha value is -2.20. The lowest BCUT2D eigenvalue weighted by Gasteiger charge is -2.16. The van der Waals surface area contributed by atoms with E-state index in [1.54, 1.807) is 6.07 Å². The van der Waals surface area contributed by atoms with Crippen LogP contribution in [0.2, 0.25) is 5.02 Å². The van der Waals surface area contributed by atoms with E-state index in [1.165, 1.54) is 0 Å². The fourth-order valence-electron chi connectivity index (χ4n) is 2.06. The van der Waals surface area contributed by atoms with E-state index in [9.17, 15) is 4.79 Å². The molecule has 0 aliphatic rings. The van der Waals surface area contributed by atoms with Gasteiger partial charge in [-0.2, -0.15) is 0 Å². The van der Waals surface area contributed by atoms with Crippen molar-refractivity contribution in [1.29, 1.82) is 0 Å². The number of nitrogens with one attached hydrogen (secondary N) is 2. The van der Waals surface area contributed by atoms with Crippen molar-refractivity contribution in [2.75, 3.05) is 6.61 Å². The Labute approximate surface area is 141 Å². The number of aryl methyl sites for hydroxylation is 1. The molecule has 0 aliphatic carbocycles. The molecule has 0 radical (unpaired) electrons. The van der Waals surface area contributed by atoms with Crippen molar-refractivity contribution in [1.82, 2.24) is 10.6 Å². The van der Waals surface area contributed by atoms with E-state index in [0.717, 1.165) is 16.9 Å². The van der Waals surface area contributed by atoms with Gasteiger partial charge < -0.3 is 15.4 Å². The second-order valence-electron chi connectivity index (χ2n) is 5.45. The number of carbonyl (C=O) groups is 1. The highest BCUT2D eigenvalue weighted by molar-refractivity contribution is 6.31. The van der Waals surface area contributed by atoms with Crippen LogP contribution in [0.1, 0.15) is 18.1 Å². The van der Waals surface area contributed by atoms with E-state index >= 15 is 0 Å². The van der Waals surface area contributed by atoms with Gasteiger partial charge in [-0.15, -0.1) is 0 Å². The Kier molecular flexibility index (Phi) is 6.29. The lowest BCUT2D eigenvalue weighted by atomic mass is 10.2. The first-order chi connectivity index (χ1) is 11.0. The van der Waals surface area contributed by atoms with Gasteiger partial charge >= 0.3 is 6.03 Å². The lowest BCUT2D eigenvalue weighted by molar-refractivity contribution is 0.226. The normalized spacial score (nSPS) is 11.6. The number of ether oxygens (including phenoxy) is 1. The molecule has 1 unspecified atom stereocenters. The first-order valence-electron chi connectivity index (χ1n) is 7.52. The van der Waals surface area contributed by atoms with Gasteiger partial charge in [0.15, 0.2) is 0 Å². The minimum absolute atomic E-state index is 0.109. The van der Waals surface area contributed by atoms with Crippen molar-refractivity contribution in [3.05, 3.63) is 64.7 Å². The zero-order chi connectivity index (χ0) is 16.7. The first kappa shape index (κ1) is 17.2. The van der Waals surface area contributed by atoms with E-state index in [0.29, 0.717) is 18.2 Å². The van der Waals surface area contributed by atoms with Crippen LogP contribution in [0.3, 0.4) is 0 Å². The molecule has 2 rings (SSSR count). The second kappa shape index (κ2) is 8.44. The van der Waals surface area contributed by atoms with Crippen molar-refractivity contribution < 1.29 is 9.53 Å². The highest BCUT2D eigenvalue weighted by Crippen LogP contribution is 2.14. The van der Waals surface area contributed by atoms with Gasteiger partial charge in [-0.05, 0) is 43.2 Å². The number of urea groups is 1. The van der Waals surface area contributed by atoms with Gasteiger partial charge in [0.2, 0.25) is 0 Å². The Bertz CT molecular complexity index is 661. The third-order valence-corrected chi connectivity index (χ3v) is 3.63. The van der Waals surface area contributed by atoms with Crippen molar-refractivity contribution >= 4 is 17.6 Å². The number of halogens is 1. The second-order valence-corrected chi connectivity index (χ2v) is 5.85. The summed E-state index contributed by atoms with van der Waals surface area (Å²) in [6.45, 7) is 4.70. The van der Waals surface area contributed by atoms with Crippen LogP contribution in [0.15, 0.2) is 48.5 Å². The summed E-state index contributed by atoms with van der Waals surface area (Å²) in [5.41, 5.74) is 2.02. The maximum atomic E-state index is 11.9. The molecular weight excluding hydrogens is 312 g/mol. The molecule has 5 heteroatoms. The van der Waals surface area contributed by atoms with Crippen LogP contribution < -0.4 is 15.4 Å². The van der Waals surface area contributed by atoms with Crippen LogP contribution in [0, 0.1) is 6.92 Å². The predicted octanol–water partition coefficient (Wildman–Crippen LogP) is 3.92. The van der Waals surface area contributed by atoms with Crippen LogP contribution in [-0.4, -0.2) is 18.7 Å². The monoisotopic (exact) mass is 332 g/mol. The Morgan fingerprint density at radius 1 is 1.22 bits per heavy atom. The van der Waals surface area contributed by atoms with Gasteiger partial charge in [-0.3, -0.25) is 0 Å². The Morgan fingerprint density at radius 2 is 2.00 bits per heavy atom. The quantitative estimate of drug-likeness (QED) is 0.842. The van der Waals surface area contributed by atoms with Gasteiger partial charge in [0.1, 0.15) is 12.4 Å². The SMILES string of the molecule is Cc1cccc(OCC(C)NC(=O)NCc2ccccc2Cl)c1. The standard InChI is InChI=1S/C18H21ClN2O2/c1-13-6-5-8-16(10-13)23-12-14(2)21-18(22)20-11-15-7-3-4-9-17(15)19/h3-10,14H,11-12H2,1-2H3,(H2,20,21,22). The molecule has 0 aromatic heterocycles. The molecular formula is C18H21ClN2O2. The summed E-state index contributed by atoms with van der Waals surface area (Å²) in [4.78, 5) is 11.9. The smallest absolute Gasteiger partial charge is 0.315 e. The third-order valence-electron chi connectivity index (χ3n) is 3.26. The lowest BCUT2D eigenvalue weighted by Crippen LogP contribution is -2.43. The number of benzene rings is 2. The molecule has 0 aliphatic heterocycles. The average molecular weight is 333 g/mol. The summed E-state index contributed by atoms with van der Waals surface area (Å²) in [7, 11) is 0. The van der Waals surface area contributed by atoms with Crippen molar-refractivity contribution in [2.45, 2.75) is 26.4 Å². The summed E-state index contributed by atoms with van der Waals surface area (Å²) >= 11 is 6.05. The summed E-state index contributed by atoms with van der Waals surface area (Å²) in [5.74, 6) is 0.801. The molecule has 0 saturated heterocycles. The molecule has 0 bridgehead atoms. The molecule has 23 heavy (non-hydrogen) atoms. The number of hydrogen-bond acceptors (Lipinski definition) is 2. The fourth-order valence-corrected chi connectivity index (χ4v) is 2.26. The number of carbonyl (C=O) groups excluding carboxylic acids is 1. The van der Waals surface area contributed by atoms with E-state index in [1.807, 2.05) is 56.3 Å². The molecule has 0 heterocycles. The molecule has 0 spiro atoms. The van der Waals surface area contributed by atoms with E-state index in [-0.39, 0.29) is 12.1 Å². The van der Waals surface area contributed by atoms with Crippen LogP contribution in [-0.2, 0) is 6.54 Å². The minimum Gasteiger partial charge on any atom is -0.491 e. The molecule has 2 amide bonds. The number of amides is 2. The van der Waals surface area contributed by atoms with E-state index in [4.69, 9.17) is 16.3 Å². The zero-order valence-corrected chi connectivity index (χ0v) is 14.1. The number of hydrogen-bond donors (Lipinski definition) is 2. The topological polar surface area (TPSA) is 50.4 Å². The predicted molar refractivity (Wildman–Crippen MR) is 93.0 cm³/mol. The van der Waals surface area contributed by atoms with E-state index in [2.05, 4.69) is 10.6 Å². The molecule has 4 nitrogen and oxygen atoms in total. The summed E-state index contributed by atoms with van der Waals surface area (Å²) < 4.78 is 5.67. The third kappa shape index (κ3) is 5.83. The first-order valence-corrected chi connectivity index (χ1v) is 7.89. The van der Waals surface area contributed by atoms with Gasteiger partial charge in [0, 0.05) is 11.6 Å².